The molecule has 0 bridgehead atoms. The van der Waals surface area contributed by atoms with Gasteiger partial charge in [-0.1, -0.05) is 12.8 Å². The first kappa shape index (κ1) is 16.5. The first-order valence-corrected chi connectivity index (χ1v) is 9.89. The van der Waals surface area contributed by atoms with Crippen LogP contribution >= 0.6 is 0 Å². The third-order valence-corrected chi connectivity index (χ3v) is 6.16. The lowest BCUT2D eigenvalue weighted by Crippen LogP contribution is -2.44. The van der Waals surface area contributed by atoms with Crippen LogP contribution in [0.1, 0.15) is 25.7 Å². The fraction of sp³-hybridized carbons (Fsp3) is 0.579. The number of likely N-dealkylation sites (tertiary alicyclic amines) is 1. The molecule has 1 N–H and O–H groups in total. The van der Waals surface area contributed by atoms with Crippen LogP contribution in [0.4, 0.5) is 10.6 Å². The standard InChI is InChI=1S/C19H25N7O/c27-19(23-16-4-1-2-5-16)25-11-14-9-24(10-15(14)12-25)17-8-18(21-13-20-17)26-7-3-6-22-26/h3,6-8,13-16H,1-2,4-5,9-12H2,(H,23,27). The SMILES string of the molecule is O=C(NC1CCCC1)N1CC2CN(c3cc(-n4cccn4)ncn3)CC2C1. The molecule has 2 unspecified atom stereocenters. The Morgan fingerprint density at radius 1 is 1.04 bits per heavy atom. The summed E-state index contributed by atoms with van der Waals surface area (Å²) in [6.45, 7) is 3.56. The summed E-state index contributed by atoms with van der Waals surface area (Å²) in [5.74, 6) is 2.75. The van der Waals surface area contributed by atoms with Crippen LogP contribution < -0.4 is 10.2 Å². The molecule has 1 saturated carbocycles. The second-order valence-electron chi connectivity index (χ2n) is 7.95. The molecule has 142 valence electrons. The number of fused-ring (bicyclic) bond motifs is 1. The first-order chi connectivity index (χ1) is 13.3. The Balaban J connectivity index is 1.21. The summed E-state index contributed by atoms with van der Waals surface area (Å²) in [6, 6.07) is 4.38. The maximum absolute atomic E-state index is 12.5. The molecular weight excluding hydrogens is 342 g/mol. The molecule has 5 rings (SSSR count). The van der Waals surface area contributed by atoms with Gasteiger partial charge >= 0.3 is 6.03 Å². The number of nitrogens with zero attached hydrogens (tertiary/aromatic N) is 6. The van der Waals surface area contributed by atoms with E-state index in [9.17, 15) is 4.79 Å². The van der Waals surface area contributed by atoms with Crippen molar-refractivity contribution in [2.24, 2.45) is 11.8 Å². The van der Waals surface area contributed by atoms with Gasteiger partial charge in [-0.2, -0.15) is 5.10 Å². The van der Waals surface area contributed by atoms with E-state index in [2.05, 4.69) is 25.3 Å². The Labute approximate surface area is 158 Å². The normalized spacial score (nSPS) is 25.2. The van der Waals surface area contributed by atoms with E-state index in [1.54, 1.807) is 17.2 Å². The van der Waals surface area contributed by atoms with Gasteiger partial charge < -0.3 is 15.1 Å². The number of rotatable bonds is 3. The van der Waals surface area contributed by atoms with Gasteiger partial charge in [-0.25, -0.2) is 19.4 Å². The molecule has 8 nitrogen and oxygen atoms in total. The molecule has 2 aliphatic heterocycles. The number of carbonyl (C=O) groups excluding carboxylic acids is 1. The number of carbonyl (C=O) groups is 1. The summed E-state index contributed by atoms with van der Waals surface area (Å²) >= 11 is 0. The Hall–Kier alpha value is -2.64. The Bertz CT molecular complexity index is 788. The predicted molar refractivity (Wildman–Crippen MR) is 101 cm³/mol. The monoisotopic (exact) mass is 367 g/mol. The summed E-state index contributed by atoms with van der Waals surface area (Å²) in [7, 11) is 0. The van der Waals surface area contributed by atoms with Crippen LogP contribution in [0.25, 0.3) is 5.82 Å². The number of hydrogen-bond donors (Lipinski definition) is 1. The van der Waals surface area contributed by atoms with Crippen LogP contribution in [0, 0.1) is 11.8 Å². The topological polar surface area (TPSA) is 79.2 Å². The maximum atomic E-state index is 12.5. The zero-order valence-corrected chi connectivity index (χ0v) is 15.4. The first-order valence-electron chi connectivity index (χ1n) is 9.89. The van der Waals surface area contributed by atoms with Crippen LogP contribution in [-0.4, -0.2) is 62.9 Å². The van der Waals surface area contributed by atoms with Crippen LogP contribution in [0.3, 0.4) is 0 Å². The minimum atomic E-state index is 0.130. The number of hydrogen-bond acceptors (Lipinski definition) is 5. The van der Waals surface area contributed by atoms with Gasteiger partial charge in [0.25, 0.3) is 0 Å². The fourth-order valence-electron chi connectivity index (χ4n) is 4.72. The molecule has 0 aromatic carbocycles. The predicted octanol–water partition coefficient (Wildman–Crippen LogP) is 1.68. The molecular formula is C19H25N7O. The van der Waals surface area contributed by atoms with Crippen molar-refractivity contribution in [2.75, 3.05) is 31.1 Å². The van der Waals surface area contributed by atoms with Crippen molar-refractivity contribution >= 4 is 11.8 Å². The molecule has 3 fully saturated rings. The van der Waals surface area contributed by atoms with E-state index < -0.39 is 0 Å². The second-order valence-corrected chi connectivity index (χ2v) is 7.95. The third-order valence-electron chi connectivity index (χ3n) is 6.16. The summed E-state index contributed by atoms with van der Waals surface area (Å²) < 4.78 is 1.75. The van der Waals surface area contributed by atoms with E-state index in [0.29, 0.717) is 17.9 Å². The summed E-state index contributed by atoms with van der Waals surface area (Å²) in [5.41, 5.74) is 0. The largest absolute Gasteiger partial charge is 0.356 e. The summed E-state index contributed by atoms with van der Waals surface area (Å²) in [6.07, 6.45) is 9.97. The Morgan fingerprint density at radius 2 is 1.78 bits per heavy atom. The van der Waals surface area contributed by atoms with Crippen molar-refractivity contribution in [2.45, 2.75) is 31.7 Å². The minimum absolute atomic E-state index is 0.130. The second kappa shape index (κ2) is 6.83. The lowest BCUT2D eigenvalue weighted by atomic mass is 10.0. The van der Waals surface area contributed by atoms with Crippen molar-refractivity contribution < 1.29 is 4.79 Å². The number of anilines is 1. The molecule has 0 spiro atoms. The lowest BCUT2D eigenvalue weighted by molar-refractivity contribution is 0.201. The van der Waals surface area contributed by atoms with Gasteiger partial charge in [-0.15, -0.1) is 0 Å². The molecule has 0 radical (unpaired) electrons. The van der Waals surface area contributed by atoms with E-state index >= 15 is 0 Å². The van der Waals surface area contributed by atoms with Crippen molar-refractivity contribution in [3.63, 3.8) is 0 Å². The molecule has 1 aliphatic carbocycles. The average Bonchev–Trinajstić information content (AvgIpc) is 3.44. The highest BCUT2D eigenvalue weighted by Gasteiger charge is 2.42. The zero-order valence-electron chi connectivity index (χ0n) is 15.4. The van der Waals surface area contributed by atoms with E-state index in [4.69, 9.17) is 0 Å². The third kappa shape index (κ3) is 3.24. The average molecular weight is 367 g/mol. The van der Waals surface area contributed by atoms with Crippen molar-refractivity contribution in [3.8, 4) is 5.82 Å². The molecule has 2 aromatic heterocycles. The molecule has 3 aliphatic rings. The van der Waals surface area contributed by atoms with Gasteiger partial charge in [0.1, 0.15) is 12.1 Å². The van der Waals surface area contributed by atoms with Crippen LogP contribution in [0.15, 0.2) is 30.9 Å². The fourth-order valence-corrected chi connectivity index (χ4v) is 4.72. The Kier molecular flexibility index (Phi) is 4.18. The summed E-state index contributed by atoms with van der Waals surface area (Å²) in [4.78, 5) is 25.6. The highest BCUT2D eigenvalue weighted by atomic mass is 16.2. The maximum Gasteiger partial charge on any atom is 0.317 e. The number of amides is 2. The number of nitrogens with one attached hydrogen (secondary N) is 1. The molecule has 2 aromatic rings. The van der Waals surface area contributed by atoms with Crippen molar-refractivity contribution in [1.29, 1.82) is 0 Å². The van der Waals surface area contributed by atoms with Crippen LogP contribution in [0.2, 0.25) is 0 Å². The van der Waals surface area contributed by atoms with Gasteiger partial charge in [-0.05, 0) is 18.9 Å². The van der Waals surface area contributed by atoms with Gasteiger partial charge in [-0.3, -0.25) is 0 Å². The number of urea groups is 1. The molecule has 2 saturated heterocycles. The quantitative estimate of drug-likeness (QED) is 0.893. The van der Waals surface area contributed by atoms with Gasteiger partial charge in [0.15, 0.2) is 5.82 Å². The Morgan fingerprint density at radius 3 is 2.48 bits per heavy atom. The van der Waals surface area contributed by atoms with E-state index in [-0.39, 0.29) is 6.03 Å². The molecule has 27 heavy (non-hydrogen) atoms. The smallest absolute Gasteiger partial charge is 0.317 e. The van der Waals surface area contributed by atoms with Crippen molar-refractivity contribution in [3.05, 3.63) is 30.9 Å². The van der Waals surface area contributed by atoms with E-state index in [1.807, 2.05) is 23.2 Å². The van der Waals surface area contributed by atoms with Gasteiger partial charge in [0.05, 0.1) is 0 Å². The lowest BCUT2D eigenvalue weighted by Gasteiger charge is -2.24. The van der Waals surface area contributed by atoms with E-state index in [0.717, 1.165) is 50.7 Å². The highest BCUT2D eigenvalue weighted by Crippen LogP contribution is 2.33. The molecule has 2 amide bonds. The van der Waals surface area contributed by atoms with Crippen LogP contribution in [0.5, 0.6) is 0 Å². The number of aromatic nitrogens is 4. The van der Waals surface area contributed by atoms with Gasteiger partial charge in [0, 0.05) is 62.5 Å². The molecule has 4 heterocycles. The molecule has 2 atom stereocenters. The zero-order chi connectivity index (χ0) is 18.2. The van der Waals surface area contributed by atoms with E-state index in [1.165, 1.54) is 12.8 Å². The minimum Gasteiger partial charge on any atom is -0.356 e. The highest BCUT2D eigenvalue weighted by molar-refractivity contribution is 5.75. The van der Waals surface area contributed by atoms with Gasteiger partial charge in [0.2, 0.25) is 0 Å². The van der Waals surface area contributed by atoms with Crippen molar-refractivity contribution in [1.82, 2.24) is 30.0 Å². The van der Waals surface area contributed by atoms with Crippen LogP contribution in [-0.2, 0) is 0 Å². The summed E-state index contributed by atoms with van der Waals surface area (Å²) in [5, 5.41) is 7.46. The molecule has 8 heteroatoms.